The molecule has 0 radical (unpaired) electrons. The van der Waals surface area contributed by atoms with Crippen LogP contribution in [0.4, 0.5) is 15.8 Å². The number of aromatic nitrogens is 2. The number of fused-ring (bicyclic) bond motifs is 3. The monoisotopic (exact) mass is 460 g/mol. The van der Waals surface area contributed by atoms with Crippen LogP contribution in [0.3, 0.4) is 0 Å². The first-order chi connectivity index (χ1) is 16.5. The quantitative estimate of drug-likeness (QED) is 0.413. The number of carboxylic acids is 1. The highest BCUT2D eigenvalue weighted by Gasteiger charge is 2.28. The van der Waals surface area contributed by atoms with Crippen LogP contribution in [-0.2, 0) is 6.54 Å². The molecule has 0 bridgehead atoms. The van der Waals surface area contributed by atoms with Gasteiger partial charge in [0, 0.05) is 49.0 Å². The van der Waals surface area contributed by atoms with Crippen molar-refractivity contribution in [2.24, 2.45) is 0 Å². The van der Waals surface area contributed by atoms with Gasteiger partial charge in [0.15, 0.2) is 0 Å². The van der Waals surface area contributed by atoms with Gasteiger partial charge in [-0.3, -0.25) is 9.78 Å². The molecule has 1 aliphatic heterocycles. The van der Waals surface area contributed by atoms with Crippen molar-refractivity contribution >= 4 is 39.1 Å². The van der Waals surface area contributed by atoms with Gasteiger partial charge in [-0.15, -0.1) is 0 Å². The zero-order valence-corrected chi connectivity index (χ0v) is 18.8. The predicted octanol–water partition coefficient (Wildman–Crippen LogP) is 4.49. The minimum absolute atomic E-state index is 0.0805. The van der Waals surface area contributed by atoms with Gasteiger partial charge in [-0.25, -0.2) is 9.18 Å². The maximum atomic E-state index is 15.3. The number of carboxylic acid groups (broad SMARTS) is 1. The van der Waals surface area contributed by atoms with Gasteiger partial charge in [0.2, 0.25) is 5.43 Å². The van der Waals surface area contributed by atoms with E-state index in [0.29, 0.717) is 41.7 Å². The van der Waals surface area contributed by atoms with Crippen molar-refractivity contribution < 1.29 is 14.3 Å². The fraction of sp³-hybridized carbons (Fsp3) is 0.269. The van der Waals surface area contributed by atoms with Gasteiger partial charge in [0.1, 0.15) is 11.4 Å². The highest BCUT2D eigenvalue weighted by molar-refractivity contribution is 6.07. The van der Waals surface area contributed by atoms with Gasteiger partial charge in [-0.1, -0.05) is 18.2 Å². The summed E-state index contributed by atoms with van der Waals surface area (Å²) in [6, 6.07) is 12.9. The van der Waals surface area contributed by atoms with Gasteiger partial charge >= 0.3 is 5.97 Å². The Morgan fingerprint density at radius 1 is 1.26 bits per heavy atom. The highest BCUT2D eigenvalue weighted by atomic mass is 19.1. The number of anilines is 2. The summed E-state index contributed by atoms with van der Waals surface area (Å²) >= 11 is 0. The number of benzene rings is 2. The van der Waals surface area contributed by atoms with Crippen LogP contribution in [0, 0.1) is 5.82 Å². The molecule has 0 spiro atoms. The Morgan fingerprint density at radius 2 is 2.06 bits per heavy atom. The maximum absolute atomic E-state index is 15.3. The fourth-order valence-electron chi connectivity index (χ4n) is 4.86. The summed E-state index contributed by atoms with van der Waals surface area (Å²) < 4.78 is 17.0. The Bertz CT molecular complexity index is 1450. The van der Waals surface area contributed by atoms with E-state index < -0.39 is 17.2 Å². The average Bonchev–Trinajstić information content (AvgIpc) is 3.31. The molecule has 1 unspecified atom stereocenters. The third-order valence-corrected chi connectivity index (χ3v) is 6.56. The van der Waals surface area contributed by atoms with Crippen molar-refractivity contribution in [3.8, 4) is 0 Å². The molecule has 174 valence electrons. The normalized spacial score (nSPS) is 15.8. The second kappa shape index (κ2) is 8.78. The number of para-hydroxylation sites is 1. The van der Waals surface area contributed by atoms with Gasteiger partial charge in [0.05, 0.1) is 28.3 Å². The molecule has 1 fully saturated rings. The molecule has 0 aliphatic carbocycles. The lowest BCUT2D eigenvalue weighted by atomic mass is 10.0. The zero-order valence-electron chi connectivity index (χ0n) is 18.8. The molecule has 2 aromatic heterocycles. The number of hydrogen-bond acceptors (Lipinski definition) is 5. The highest BCUT2D eigenvalue weighted by Crippen LogP contribution is 2.33. The Hall–Kier alpha value is -3.94. The molecule has 1 saturated heterocycles. The Kier molecular flexibility index (Phi) is 5.65. The maximum Gasteiger partial charge on any atom is 0.341 e. The van der Waals surface area contributed by atoms with E-state index in [-0.39, 0.29) is 17.0 Å². The van der Waals surface area contributed by atoms with Crippen LogP contribution in [0.25, 0.3) is 21.8 Å². The molecule has 0 saturated carbocycles. The largest absolute Gasteiger partial charge is 0.477 e. The van der Waals surface area contributed by atoms with Gasteiger partial charge in [0.25, 0.3) is 0 Å². The summed E-state index contributed by atoms with van der Waals surface area (Å²) in [5.41, 5.74) is 1.38. The van der Waals surface area contributed by atoms with Crippen LogP contribution in [-0.4, -0.2) is 39.8 Å². The number of carbonyl (C=O) groups is 1. The van der Waals surface area contributed by atoms with Crippen molar-refractivity contribution in [3.63, 3.8) is 0 Å². The van der Waals surface area contributed by atoms with Crippen LogP contribution in [0.2, 0.25) is 0 Å². The van der Waals surface area contributed by atoms with Crippen LogP contribution in [0.15, 0.2) is 59.7 Å². The number of pyridine rings is 2. The molecule has 5 rings (SSSR count). The molecule has 4 aromatic rings. The van der Waals surface area contributed by atoms with Crippen molar-refractivity contribution in [1.29, 1.82) is 0 Å². The van der Waals surface area contributed by atoms with Crippen molar-refractivity contribution in [3.05, 3.63) is 76.5 Å². The smallest absolute Gasteiger partial charge is 0.341 e. The molecule has 3 heterocycles. The summed E-state index contributed by atoms with van der Waals surface area (Å²) in [6.45, 7) is 3.68. The second-order valence-corrected chi connectivity index (χ2v) is 8.54. The summed E-state index contributed by atoms with van der Waals surface area (Å²) in [5.74, 6) is -1.69. The number of hydrogen-bond donors (Lipinski definition) is 2. The van der Waals surface area contributed by atoms with Gasteiger partial charge in [-0.2, -0.15) is 0 Å². The number of aryl methyl sites for hydroxylation is 1. The van der Waals surface area contributed by atoms with E-state index in [0.717, 1.165) is 18.5 Å². The number of nitrogens with zero attached hydrogens (tertiary/aromatic N) is 3. The van der Waals surface area contributed by atoms with Gasteiger partial charge < -0.3 is 19.9 Å². The van der Waals surface area contributed by atoms with Crippen molar-refractivity contribution in [2.75, 3.05) is 23.3 Å². The standard InChI is InChI=1S/C26H25FN4O3/c1-2-30-15-19(26(33)34)25(32)24-18-11-22(20(27)12-21(18)29-14-23(24)30)31-10-6-9-17(31)13-28-16-7-4-3-5-8-16/h3-5,7-8,11-12,14-15,17,28H,2,6,9-10,13H2,1H3,(H,33,34). The average molecular weight is 461 g/mol. The van der Waals surface area contributed by atoms with E-state index in [4.69, 9.17) is 0 Å². The topological polar surface area (TPSA) is 87.5 Å². The van der Waals surface area contributed by atoms with Crippen molar-refractivity contribution in [1.82, 2.24) is 9.55 Å². The van der Waals surface area contributed by atoms with Gasteiger partial charge in [-0.05, 0) is 38.0 Å². The first kappa shape index (κ1) is 21.9. The van der Waals surface area contributed by atoms with E-state index >= 15 is 4.39 Å². The molecule has 2 N–H and O–H groups in total. The number of nitrogens with one attached hydrogen (secondary N) is 1. The van der Waals surface area contributed by atoms with Crippen LogP contribution in [0.1, 0.15) is 30.1 Å². The predicted molar refractivity (Wildman–Crippen MR) is 131 cm³/mol. The van der Waals surface area contributed by atoms with Crippen LogP contribution in [0.5, 0.6) is 0 Å². The molecule has 1 aliphatic rings. The molecule has 8 heteroatoms. The minimum atomic E-state index is -1.28. The number of halogens is 1. The minimum Gasteiger partial charge on any atom is -0.477 e. The van der Waals surface area contributed by atoms with Crippen LogP contribution < -0.4 is 15.6 Å². The lowest BCUT2D eigenvalue weighted by Gasteiger charge is -2.28. The zero-order chi connectivity index (χ0) is 23.8. The number of aromatic carboxylic acids is 1. The summed E-state index contributed by atoms with van der Waals surface area (Å²) in [7, 11) is 0. The lowest BCUT2D eigenvalue weighted by Crippen LogP contribution is -2.35. The van der Waals surface area contributed by atoms with E-state index in [2.05, 4.69) is 10.3 Å². The fourth-order valence-corrected chi connectivity index (χ4v) is 4.86. The van der Waals surface area contributed by atoms with E-state index in [9.17, 15) is 14.7 Å². The first-order valence-corrected chi connectivity index (χ1v) is 11.4. The third-order valence-electron chi connectivity index (χ3n) is 6.56. The number of rotatable bonds is 6. The SMILES string of the molecule is CCn1cc(C(=O)O)c(=O)c2c3cc(N4CCCC4CNc4ccccc4)c(F)cc3ncc21. The lowest BCUT2D eigenvalue weighted by molar-refractivity contribution is 0.0695. The Labute approximate surface area is 195 Å². The molecular weight excluding hydrogens is 435 g/mol. The first-order valence-electron chi connectivity index (χ1n) is 11.4. The van der Waals surface area contributed by atoms with Crippen LogP contribution >= 0.6 is 0 Å². The van der Waals surface area contributed by atoms with Crippen molar-refractivity contribution in [2.45, 2.75) is 32.4 Å². The molecular formula is C26H25FN4O3. The molecule has 7 nitrogen and oxygen atoms in total. The third kappa shape index (κ3) is 3.75. The van der Waals surface area contributed by atoms with E-state index in [1.54, 1.807) is 10.6 Å². The van der Waals surface area contributed by atoms with E-state index in [1.165, 1.54) is 18.5 Å². The summed E-state index contributed by atoms with van der Waals surface area (Å²) in [4.78, 5) is 31.3. The molecule has 1 atom stereocenters. The second-order valence-electron chi connectivity index (χ2n) is 8.54. The summed E-state index contributed by atoms with van der Waals surface area (Å²) in [6.07, 6.45) is 4.70. The molecule has 2 aromatic carbocycles. The van der Waals surface area contributed by atoms with E-state index in [1.807, 2.05) is 42.2 Å². The molecule has 34 heavy (non-hydrogen) atoms. The summed E-state index contributed by atoms with van der Waals surface area (Å²) in [5, 5.41) is 13.7. The Balaban J connectivity index is 1.62. The molecule has 0 amide bonds. The Morgan fingerprint density at radius 3 is 2.79 bits per heavy atom.